The summed E-state index contributed by atoms with van der Waals surface area (Å²) in [6, 6.07) is 10.9. The number of nitrogens with one attached hydrogen (secondary N) is 3. The zero-order valence-electron chi connectivity index (χ0n) is 20.3. The van der Waals surface area contributed by atoms with Gasteiger partial charge in [0, 0.05) is 31.9 Å². The monoisotopic (exact) mass is 549 g/mol. The Kier molecular flexibility index (Phi) is 8.09. The Morgan fingerprint density at radius 3 is 2.42 bits per heavy atom. The molecule has 0 amide bonds. The first kappa shape index (κ1) is 26.3. The van der Waals surface area contributed by atoms with Crippen molar-refractivity contribution in [2.75, 3.05) is 52.7 Å². The van der Waals surface area contributed by atoms with E-state index in [0.29, 0.717) is 33.9 Å². The van der Waals surface area contributed by atoms with E-state index in [1.165, 1.54) is 11.8 Å². The second kappa shape index (κ2) is 11.1. The minimum atomic E-state index is -3.47. The number of sulfonamides is 1. The van der Waals surface area contributed by atoms with Crippen LogP contribution in [-0.4, -0.2) is 55.7 Å². The Balaban J connectivity index is 1.63. The maximum Gasteiger partial charge on any atom is 0.229 e. The molecule has 9 nitrogen and oxygen atoms in total. The van der Waals surface area contributed by atoms with Crippen molar-refractivity contribution in [2.45, 2.75) is 20.4 Å². The molecule has 3 N–H and O–H groups in total. The summed E-state index contributed by atoms with van der Waals surface area (Å²) in [6.07, 6.45) is 2.56. The van der Waals surface area contributed by atoms with Crippen LogP contribution >= 0.6 is 23.2 Å². The van der Waals surface area contributed by atoms with E-state index in [0.717, 1.165) is 44.7 Å². The molecule has 0 atom stereocenters. The number of nitrogens with zero attached hydrogens (tertiary/aromatic N) is 4. The maximum absolute atomic E-state index is 11.7. The summed E-state index contributed by atoms with van der Waals surface area (Å²) in [7, 11) is -3.47. The van der Waals surface area contributed by atoms with E-state index in [1.54, 1.807) is 24.3 Å². The lowest BCUT2D eigenvalue weighted by molar-refractivity contribution is 0.293. The molecule has 0 bridgehead atoms. The molecule has 0 unspecified atom stereocenters. The van der Waals surface area contributed by atoms with Crippen LogP contribution in [0.5, 0.6) is 0 Å². The molecule has 0 saturated carbocycles. The van der Waals surface area contributed by atoms with Gasteiger partial charge in [-0.25, -0.2) is 13.4 Å². The second-order valence-corrected chi connectivity index (χ2v) is 11.0. The number of halogens is 2. The number of hydrogen-bond acceptors (Lipinski definition) is 8. The molecule has 12 heteroatoms. The first-order chi connectivity index (χ1) is 17.2. The molecule has 4 rings (SSSR count). The van der Waals surface area contributed by atoms with Gasteiger partial charge in [0.25, 0.3) is 0 Å². The standard InChI is InChI=1S/C24H29Cl2N7O2S/c1-4-32-10-11-33(5-2)22-13-21(17(25)12-16(22)15-32)29-24-27-14-18(26)23(30-24)28-19-8-6-7-9-20(19)31-36(3,34)35/h6-9,12-14,31H,4-5,10-11,15H2,1-3H3,(H2,27,28,29,30). The van der Waals surface area contributed by atoms with Gasteiger partial charge in [0.05, 0.1) is 34.5 Å². The van der Waals surface area contributed by atoms with Crippen molar-refractivity contribution >= 4 is 67.7 Å². The molecule has 1 aromatic heterocycles. The summed E-state index contributed by atoms with van der Waals surface area (Å²) >= 11 is 13.0. The van der Waals surface area contributed by atoms with E-state index >= 15 is 0 Å². The first-order valence-corrected chi connectivity index (χ1v) is 14.2. The molecule has 3 aromatic rings. The average Bonchev–Trinajstić information content (AvgIpc) is 3.00. The zero-order valence-corrected chi connectivity index (χ0v) is 22.7. The van der Waals surface area contributed by atoms with Gasteiger partial charge in [-0.05, 0) is 43.3 Å². The van der Waals surface area contributed by atoms with E-state index < -0.39 is 10.0 Å². The van der Waals surface area contributed by atoms with Crippen LogP contribution < -0.4 is 20.3 Å². The Morgan fingerprint density at radius 2 is 1.72 bits per heavy atom. The minimum Gasteiger partial charge on any atom is -0.370 e. The Labute approximate surface area is 221 Å². The summed E-state index contributed by atoms with van der Waals surface area (Å²) < 4.78 is 26.0. The molecule has 2 heterocycles. The van der Waals surface area contributed by atoms with Crippen LogP contribution in [0, 0.1) is 0 Å². The molecular weight excluding hydrogens is 521 g/mol. The fraction of sp³-hybridized carbons (Fsp3) is 0.333. The Bertz CT molecular complexity index is 1350. The molecule has 2 aromatic carbocycles. The number of rotatable bonds is 8. The Morgan fingerprint density at radius 1 is 0.972 bits per heavy atom. The van der Waals surface area contributed by atoms with Crippen molar-refractivity contribution in [3.05, 3.63) is 58.2 Å². The molecule has 36 heavy (non-hydrogen) atoms. The molecule has 1 aliphatic heterocycles. The third kappa shape index (κ3) is 6.31. The van der Waals surface area contributed by atoms with Crippen molar-refractivity contribution in [2.24, 2.45) is 0 Å². The molecule has 0 fully saturated rings. The van der Waals surface area contributed by atoms with E-state index in [-0.39, 0.29) is 5.02 Å². The van der Waals surface area contributed by atoms with E-state index in [2.05, 4.69) is 49.0 Å². The lowest BCUT2D eigenvalue weighted by Crippen LogP contribution is -2.31. The summed E-state index contributed by atoms with van der Waals surface area (Å²) in [5.41, 5.74) is 3.87. The minimum absolute atomic E-state index is 0.277. The average molecular weight is 551 g/mol. The fourth-order valence-corrected chi connectivity index (χ4v) is 5.01. The zero-order chi connectivity index (χ0) is 25.9. The highest BCUT2D eigenvalue weighted by Crippen LogP contribution is 2.36. The molecule has 0 saturated heterocycles. The lowest BCUT2D eigenvalue weighted by Gasteiger charge is -2.24. The second-order valence-electron chi connectivity index (χ2n) is 8.47. The summed E-state index contributed by atoms with van der Waals surface area (Å²) in [4.78, 5) is 13.6. The van der Waals surface area contributed by atoms with Gasteiger partial charge in [-0.1, -0.05) is 42.3 Å². The van der Waals surface area contributed by atoms with Crippen LogP contribution in [-0.2, 0) is 16.6 Å². The number of para-hydroxylation sites is 2. The van der Waals surface area contributed by atoms with Crippen molar-refractivity contribution < 1.29 is 8.42 Å². The SMILES string of the molecule is CCN1CCN(CC)c2cc(Nc3ncc(Cl)c(Nc4ccccc4NS(C)(=O)=O)n3)c(Cl)cc2C1. The molecule has 1 aliphatic rings. The number of benzene rings is 2. The van der Waals surface area contributed by atoms with Crippen LogP contribution in [0.2, 0.25) is 10.0 Å². The van der Waals surface area contributed by atoms with Crippen molar-refractivity contribution in [3.8, 4) is 0 Å². The lowest BCUT2D eigenvalue weighted by atomic mass is 10.1. The van der Waals surface area contributed by atoms with Crippen LogP contribution in [0.25, 0.3) is 0 Å². The normalized spacial score (nSPS) is 14.2. The van der Waals surface area contributed by atoms with Gasteiger partial charge >= 0.3 is 0 Å². The molecular formula is C24H29Cl2N7O2S. The third-order valence-corrected chi connectivity index (χ3v) is 7.06. The fourth-order valence-electron chi connectivity index (χ4n) is 4.06. The van der Waals surface area contributed by atoms with Crippen LogP contribution in [0.1, 0.15) is 19.4 Å². The quantitative estimate of drug-likeness (QED) is 0.347. The highest BCUT2D eigenvalue weighted by atomic mass is 35.5. The molecule has 0 spiro atoms. The van der Waals surface area contributed by atoms with Gasteiger partial charge in [-0.15, -0.1) is 0 Å². The van der Waals surface area contributed by atoms with Gasteiger partial charge in [-0.3, -0.25) is 9.62 Å². The van der Waals surface area contributed by atoms with Gasteiger partial charge in [0.1, 0.15) is 5.02 Å². The topological polar surface area (TPSA) is 102 Å². The summed E-state index contributed by atoms with van der Waals surface area (Å²) in [6.45, 7) is 8.94. The van der Waals surface area contributed by atoms with Crippen LogP contribution in [0.15, 0.2) is 42.6 Å². The highest BCUT2D eigenvalue weighted by Gasteiger charge is 2.21. The number of hydrogen-bond donors (Lipinski definition) is 3. The molecule has 0 radical (unpaired) electrons. The number of aromatic nitrogens is 2. The predicted octanol–water partition coefficient (Wildman–Crippen LogP) is 5.30. The number of fused-ring (bicyclic) bond motifs is 1. The van der Waals surface area contributed by atoms with Gasteiger partial charge in [0.15, 0.2) is 5.82 Å². The van der Waals surface area contributed by atoms with Crippen molar-refractivity contribution in [3.63, 3.8) is 0 Å². The summed E-state index contributed by atoms with van der Waals surface area (Å²) in [5.74, 6) is 0.612. The summed E-state index contributed by atoms with van der Waals surface area (Å²) in [5, 5.41) is 7.15. The largest absolute Gasteiger partial charge is 0.370 e. The van der Waals surface area contributed by atoms with E-state index in [4.69, 9.17) is 23.2 Å². The molecule has 192 valence electrons. The maximum atomic E-state index is 11.7. The smallest absolute Gasteiger partial charge is 0.229 e. The van der Waals surface area contributed by atoms with Gasteiger partial charge < -0.3 is 15.5 Å². The van der Waals surface area contributed by atoms with E-state index in [1.807, 2.05) is 12.1 Å². The highest BCUT2D eigenvalue weighted by molar-refractivity contribution is 7.92. The van der Waals surface area contributed by atoms with Crippen LogP contribution in [0.3, 0.4) is 0 Å². The van der Waals surface area contributed by atoms with Gasteiger partial charge in [-0.2, -0.15) is 4.98 Å². The predicted molar refractivity (Wildman–Crippen MR) is 149 cm³/mol. The Hall–Kier alpha value is -2.79. The number of likely N-dealkylation sites (N-methyl/N-ethyl adjacent to an activating group) is 2. The number of anilines is 6. The first-order valence-electron chi connectivity index (χ1n) is 11.6. The van der Waals surface area contributed by atoms with Crippen molar-refractivity contribution in [1.29, 1.82) is 0 Å². The van der Waals surface area contributed by atoms with Crippen LogP contribution in [0.4, 0.5) is 34.5 Å². The molecule has 0 aliphatic carbocycles. The van der Waals surface area contributed by atoms with Gasteiger partial charge in [0.2, 0.25) is 16.0 Å². The van der Waals surface area contributed by atoms with E-state index in [9.17, 15) is 8.42 Å². The third-order valence-electron chi connectivity index (χ3n) is 5.88. The van der Waals surface area contributed by atoms with Crippen molar-refractivity contribution in [1.82, 2.24) is 14.9 Å².